The molecule has 10 rings (SSSR count). The molecule has 240 valence electrons. The number of hydrogen-bond donors (Lipinski definition) is 0. The molecule has 0 fully saturated rings. The summed E-state index contributed by atoms with van der Waals surface area (Å²) >= 11 is 0. The summed E-state index contributed by atoms with van der Waals surface area (Å²) in [5.74, 6) is 0. The molecular formula is C48H31NO2. The molecule has 0 saturated carbocycles. The highest BCUT2D eigenvalue weighted by Crippen LogP contribution is 2.51. The van der Waals surface area contributed by atoms with Crippen LogP contribution in [0.1, 0.15) is 0 Å². The number of furan rings is 2. The fourth-order valence-electron chi connectivity index (χ4n) is 7.51. The van der Waals surface area contributed by atoms with Crippen LogP contribution in [-0.4, -0.2) is 0 Å². The maximum atomic E-state index is 6.87. The molecule has 8 aromatic carbocycles. The van der Waals surface area contributed by atoms with Crippen molar-refractivity contribution in [1.82, 2.24) is 0 Å². The molecular weight excluding hydrogens is 623 g/mol. The first-order valence-electron chi connectivity index (χ1n) is 17.3. The lowest BCUT2D eigenvalue weighted by Gasteiger charge is -2.29. The normalized spacial score (nSPS) is 11.5. The molecule has 51 heavy (non-hydrogen) atoms. The molecule has 0 unspecified atom stereocenters. The molecule has 0 aliphatic heterocycles. The number of hydrogen-bond acceptors (Lipinski definition) is 3. The Bertz CT molecular complexity index is 2830. The van der Waals surface area contributed by atoms with E-state index in [1.165, 1.54) is 5.56 Å². The van der Waals surface area contributed by atoms with E-state index in [-0.39, 0.29) is 0 Å². The summed E-state index contributed by atoms with van der Waals surface area (Å²) in [4.78, 5) is 2.38. The fraction of sp³-hybridized carbons (Fsp3) is 0. The summed E-state index contributed by atoms with van der Waals surface area (Å²) in [5, 5.41) is 4.27. The van der Waals surface area contributed by atoms with E-state index in [0.717, 1.165) is 88.8 Å². The van der Waals surface area contributed by atoms with Crippen molar-refractivity contribution in [3.8, 4) is 33.4 Å². The molecule has 0 saturated heterocycles. The first-order chi connectivity index (χ1) is 25.3. The molecule has 3 nitrogen and oxygen atoms in total. The van der Waals surface area contributed by atoms with Crippen LogP contribution in [0.5, 0.6) is 0 Å². The van der Waals surface area contributed by atoms with Gasteiger partial charge in [-0.15, -0.1) is 0 Å². The monoisotopic (exact) mass is 653 g/mol. The first-order valence-corrected chi connectivity index (χ1v) is 17.3. The van der Waals surface area contributed by atoms with E-state index in [1.807, 2.05) is 18.2 Å². The second-order valence-corrected chi connectivity index (χ2v) is 12.9. The highest BCUT2D eigenvalue weighted by atomic mass is 16.3. The Hall–Kier alpha value is -6.84. The van der Waals surface area contributed by atoms with Crippen molar-refractivity contribution in [2.45, 2.75) is 0 Å². The van der Waals surface area contributed by atoms with Crippen LogP contribution in [-0.2, 0) is 0 Å². The smallest absolute Gasteiger partial charge is 0.160 e. The third-order valence-electron chi connectivity index (χ3n) is 9.89. The highest BCUT2D eigenvalue weighted by molar-refractivity contribution is 6.20. The summed E-state index contributed by atoms with van der Waals surface area (Å²) in [5.41, 5.74) is 13.1. The standard InChI is InChI=1S/C48H31NO2/c1-4-14-32(15-5-1)33-24-26-36(27-25-33)49(42-31-30-38(35-18-8-3-9-19-35)47-45(42)41-21-11-13-23-44(41)50-47)46-37(34-16-6-2-7-17-34)28-29-40-39-20-10-12-22-43(39)51-48(40)46/h1-31H. The minimum Gasteiger partial charge on any atom is -0.455 e. The quantitative estimate of drug-likeness (QED) is 0.179. The fourth-order valence-corrected chi connectivity index (χ4v) is 7.51. The first kappa shape index (κ1) is 29.1. The Morgan fingerprint density at radius 1 is 0.333 bits per heavy atom. The van der Waals surface area contributed by atoms with Crippen molar-refractivity contribution >= 4 is 60.9 Å². The largest absolute Gasteiger partial charge is 0.455 e. The number of nitrogens with zero attached hydrogens (tertiary/aromatic N) is 1. The molecule has 2 heterocycles. The van der Waals surface area contributed by atoms with Crippen LogP contribution in [0.2, 0.25) is 0 Å². The van der Waals surface area contributed by atoms with E-state index >= 15 is 0 Å². The zero-order valence-electron chi connectivity index (χ0n) is 27.7. The Kier molecular flexibility index (Phi) is 6.81. The third-order valence-corrected chi connectivity index (χ3v) is 9.89. The Morgan fingerprint density at radius 2 is 0.843 bits per heavy atom. The molecule has 0 bridgehead atoms. The molecule has 0 radical (unpaired) electrons. The third kappa shape index (κ3) is 4.82. The van der Waals surface area contributed by atoms with Crippen LogP contribution < -0.4 is 4.90 Å². The van der Waals surface area contributed by atoms with Gasteiger partial charge in [0.25, 0.3) is 0 Å². The molecule has 0 N–H and O–H groups in total. The molecule has 0 aliphatic rings. The number of fused-ring (bicyclic) bond motifs is 6. The van der Waals surface area contributed by atoms with Crippen LogP contribution in [0.4, 0.5) is 17.1 Å². The average molecular weight is 654 g/mol. The molecule has 0 amide bonds. The molecule has 2 aromatic heterocycles. The van der Waals surface area contributed by atoms with E-state index < -0.39 is 0 Å². The van der Waals surface area contributed by atoms with Crippen molar-refractivity contribution in [1.29, 1.82) is 0 Å². The molecule has 0 spiro atoms. The Morgan fingerprint density at radius 3 is 1.53 bits per heavy atom. The van der Waals surface area contributed by atoms with Gasteiger partial charge >= 0.3 is 0 Å². The van der Waals surface area contributed by atoms with E-state index in [9.17, 15) is 0 Å². The SMILES string of the molecule is c1ccc(-c2ccc(N(c3c(-c4ccccc4)ccc4c3oc3ccccc34)c3ccc(-c4ccccc4)c4oc5ccccc5c34)cc2)cc1. The summed E-state index contributed by atoms with van der Waals surface area (Å²) in [6.07, 6.45) is 0. The maximum Gasteiger partial charge on any atom is 0.160 e. The zero-order valence-corrected chi connectivity index (χ0v) is 27.7. The van der Waals surface area contributed by atoms with Gasteiger partial charge < -0.3 is 13.7 Å². The number of benzene rings is 8. The van der Waals surface area contributed by atoms with Crippen molar-refractivity contribution < 1.29 is 8.83 Å². The van der Waals surface area contributed by atoms with Gasteiger partial charge in [-0.1, -0.05) is 146 Å². The molecule has 0 atom stereocenters. The van der Waals surface area contributed by atoms with E-state index in [0.29, 0.717) is 0 Å². The molecule has 3 heteroatoms. The van der Waals surface area contributed by atoms with Crippen molar-refractivity contribution in [2.24, 2.45) is 0 Å². The summed E-state index contributed by atoms with van der Waals surface area (Å²) in [6.45, 7) is 0. The lowest BCUT2D eigenvalue weighted by atomic mass is 9.96. The number of rotatable bonds is 6. The van der Waals surface area contributed by atoms with Gasteiger partial charge in [0, 0.05) is 33.0 Å². The second-order valence-electron chi connectivity index (χ2n) is 12.9. The van der Waals surface area contributed by atoms with Gasteiger partial charge in [-0.2, -0.15) is 0 Å². The lowest BCUT2D eigenvalue weighted by Crippen LogP contribution is -2.12. The minimum atomic E-state index is 0.831. The highest BCUT2D eigenvalue weighted by Gasteiger charge is 2.27. The van der Waals surface area contributed by atoms with Crippen LogP contribution in [0.3, 0.4) is 0 Å². The predicted molar refractivity (Wildman–Crippen MR) is 212 cm³/mol. The van der Waals surface area contributed by atoms with E-state index in [1.54, 1.807) is 0 Å². The van der Waals surface area contributed by atoms with Crippen LogP contribution >= 0.6 is 0 Å². The van der Waals surface area contributed by atoms with E-state index in [4.69, 9.17) is 8.83 Å². The van der Waals surface area contributed by atoms with Gasteiger partial charge in [0.05, 0.1) is 16.8 Å². The zero-order chi connectivity index (χ0) is 33.7. The van der Waals surface area contributed by atoms with Crippen molar-refractivity contribution in [3.63, 3.8) is 0 Å². The topological polar surface area (TPSA) is 29.5 Å². The van der Waals surface area contributed by atoms with Crippen LogP contribution in [0.25, 0.3) is 77.3 Å². The van der Waals surface area contributed by atoms with Crippen LogP contribution in [0.15, 0.2) is 197 Å². The second kappa shape index (κ2) is 11.9. The summed E-state index contributed by atoms with van der Waals surface area (Å²) < 4.78 is 13.6. The summed E-state index contributed by atoms with van der Waals surface area (Å²) in [7, 11) is 0. The predicted octanol–water partition coefficient (Wildman–Crippen LogP) is 14.0. The van der Waals surface area contributed by atoms with Crippen LogP contribution in [0, 0.1) is 0 Å². The van der Waals surface area contributed by atoms with Gasteiger partial charge in [0.2, 0.25) is 0 Å². The van der Waals surface area contributed by atoms with E-state index in [2.05, 4.69) is 175 Å². The maximum absolute atomic E-state index is 6.87. The minimum absolute atomic E-state index is 0.831. The van der Waals surface area contributed by atoms with Gasteiger partial charge in [0.15, 0.2) is 5.58 Å². The number of para-hydroxylation sites is 2. The van der Waals surface area contributed by atoms with Crippen molar-refractivity contribution in [2.75, 3.05) is 4.90 Å². The Balaban J connectivity index is 1.33. The lowest BCUT2D eigenvalue weighted by molar-refractivity contribution is 0.668. The summed E-state index contributed by atoms with van der Waals surface area (Å²) in [6, 6.07) is 66.0. The number of anilines is 3. The molecule has 10 aromatic rings. The van der Waals surface area contributed by atoms with Gasteiger partial charge in [-0.3, -0.25) is 0 Å². The Labute approximate surface area is 295 Å². The van der Waals surface area contributed by atoms with Gasteiger partial charge in [-0.05, 0) is 64.7 Å². The van der Waals surface area contributed by atoms with Crippen molar-refractivity contribution in [3.05, 3.63) is 188 Å². The average Bonchev–Trinajstić information content (AvgIpc) is 3.79. The van der Waals surface area contributed by atoms with Gasteiger partial charge in [-0.25, -0.2) is 0 Å². The van der Waals surface area contributed by atoms with Gasteiger partial charge in [0.1, 0.15) is 16.7 Å². The molecule has 0 aliphatic carbocycles.